The van der Waals surface area contributed by atoms with Crippen molar-refractivity contribution in [1.82, 2.24) is 4.57 Å². The fraction of sp³-hybridized carbons (Fsp3) is 0.0833. The lowest BCUT2D eigenvalue weighted by atomic mass is 10.0. The van der Waals surface area contributed by atoms with Crippen LogP contribution in [-0.4, -0.2) is 11.7 Å². The van der Waals surface area contributed by atoms with E-state index in [0.29, 0.717) is 0 Å². The van der Waals surface area contributed by atoms with E-state index in [2.05, 4.69) is 84.4 Å². The first-order valence-electron chi connectivity index (χ1n) is 8.74. The Hall–Kier alpha value is -3.26. The Kier molecular flexibility index (Phi) is 4.32. The average molecular weight is 339 g/mol. The van der Waals surface area contributed by atoms with Gasteiger partial charge < -0.3 is 9.30 Å². The molecule has 1 heterocycles. The zero-order chi connectivity index (χ0) is 17.9. The number of ether oxygens (including phenoxy) is 1. The molecule has 2 nitrogen and oxygen atoms in total. The van der Waals surface area contributed by atoms with Crippen molar-refractivity contribution in [2.45, 2.75) is 6.92 Å². The molecule has 0 aliphatic carbocycles. The summed E-state index contributed by atoms with van der Waals surface area (Å²) < 4.78 is 7.56. The predicted octanol–water partition coefficient (Wildman–Crippen LogP) is 6.13. The number of rotatable bonds is 4. The van der Waals surface area contributed by atoms with Crippen LogP contribution in [0.15, 0.2) is 91.1 Å². The SMILES string of the molecule is COc1ccc(-n2cc(-c3ccccc3)cc2-c2ccccc2C)cc1. The molecule has 1 aromatic heterocycles. The standard InChI is InChI=1S/C24H21NO/c1-18-8-6-7-11-23(18)24-16-20(19-9-4-3-5-10-19)17-25(24)21-12-14-22(26-2)15-13-21/h3-17H,1-2H3. The van der Waals surface area contributed by atoms with E-state index in [0.717, 1.165) is 11.4 Å². The molecule has 0 fully saturated rings. The number of nitrogens with zero attached hydrogens (tertiary/aromatic N) is 1. The fourth-order valence-electron chi connectivity index (χ4n) is 3.28. The van der Waals surface area contributed by atoms with Gasteiger partial charge in [0, 0.05) is 23.0 Å². The van der Waals surface area contributed by atoms with E-state index in [-0.39, 0.29) is 0 Å². The van der Waals surface area contributed by atoms with Crippen molar-refractivity contribution < 1.29 is 4.74 Å². The van der Waals surface area contributed by atoms with Crippen molar-refractivity contribution in [2.24, 2.45) is 0 Å². The van der Waals surface area contributed by atoms with Crippen LogP contribution in [0.2, 0.25) is 0 Å². The molecule has 4 rings (SSSR count). The van der Waals surface area contributed by atoms with Gasteiger partial charge in [0.25, 0.3) is 0 Å². The number of methoxy groups -OCH3 is 1. The van der Waals surface area contributed by atoms with Gasteiger partial charge in [0.15, 0.2) is 0 Å². The topological polar surface area (TPSA) is 14.2 Å². The van der Waals surface area contributed by atoms with Crippen LogP contribution in [0, 0.1) is 6.92 Å². The molecule has 3 aromatic carbocycles. The van der Waals surface area contributed by atoms with Crippen LogP contribution >= 0.6 is 0 Å². The third kappa shape index (κ3) is 3.02. The van der Waals surface area contributed by atoms with Gasteiger partial charge in [-0.15, -0.1) is 0 Å². The molecule has 0 amide bonds. The Morgan fingerprint density at radius 2 is 1.42 bits per heavy atom. The Morgan fingerprint density at radius 1 is 0.731 bits per heavy atom. The van der Waals surface area contributed by atoms with Crippen molar-refractivity contribution >= 4 is 0 Å². The maximum Gasteiger partial charge on any atom is 0.119 e. The van der Waals surface area contributed by atoms with E-state index >= 15 is 0 Å². The van der Waals surface area contributed by atoms with Crippen LogP contribution in [0.25, 0.3) is 28.1 Å². The molecule has 0 aliphatic heterocycles. The molecular weight excluding hydrogens is 318 g/mol. The second-order valence-corrected chi connectivity index (χ2v) is 6.36. The quantitative estimate of drug-likeness (QED) is 0.436. The highest BCUT2D eigenvalue weighted by Gasteiger charge is 2.12. The molecule has 2 heteroatoms. The Morgan fingerprint density at radius 3 is 2.12 bits per heavy atom. The first kappa shape index (κ1) is 16.2. The third-order valence-corrected chi connectivity index (χ3v) is 4.70. The molecule has 0 atom stereocenters. The van der Waals surface area contributed by atoms with E-state index in [4.69, 9.17) is 4.74 Å². The lowest BCUT2D eigenvalue weighted by molar-refractivity contribution is 0.415. The van der Waals surface area contributed by atoms with Gasteiger partial charge in [-0.1, -0.05) is 54.6 Å². The molecule has 0 bridgehead atoms. The molecule has 128 valence electrons. The summed E-state index contributed by atoms with van der Waals surface area (Å²) in [6.07, 6.45) is 2.21. The largest absolute Gasteiger partial charge is 0.497 e. The molecule has 0 saturated heterocycles. The fourth-order valence-corrected chi connectivity index (χ4v) is 3.28. The smallest absolute Gasteiger partial charge is 0.119 e. The molecule has 0 saturated carbocycles. The average Bonchev–Trinajstić information content (AvgIpc) is 3.14. The van der Waals surface area contributed by atoms with Crippen molar-refractivity contribution in [3.63, 3.8) is 0 Å². The minimum absolute atomic E-state index is 0.863. The van der Waals surface area contributed by atoms with Gasteiger partial charge in [-0.25, -0.2) is 0 Å². The lowest BCUT2D eigenvalue weighted by Crippen LogP contribution is -1.96. The predicted molar refractivity (Wildman–Crippen MR) is 108 cm³/mol. The first-order chi connectivity index (χ1) is 12.8. The molecule has 0 N–H and O–H groups in total. The number of hydrogen-bond donors (Lipinski definition) is 0. The van der Waals surface area contributed by atoms with Gasteiger partial charge in [0.2, 0.25) is 0 Å². The Labute approximate surface area is 154 Å². The number of benzene rings is 3. The number of aromatic nitrogens is 1. The summed E-state index contributed by atoms with van der Waals surface area (Å²) in [6, 6.07) is 29.5. The van der Waals surface area contributed by atoms with Crippen LogP contribution in [0.4, 0.5) is 0 Å². The van der Waals surface area contributed by atoms with E-state index in [1.807, 2.05) is 18.2 Å². The van der Waals surface area contributed by atoms with E-state index in [9.17, 15) is 0 Å². The van der Waals surface area contributed by atoms with Gasteiger partial charge in [-0.3, -0.25) is 0 Å². The van der Waals surface area contributed by atoms with Crippen molar-refractivity contribution in [3.05, 3.63) is 96.7 Å². The van der Waals surface area contributed by atoms with Gasteiger partial charge >= 0.3 is 0 Å². The normalized spacial score (nSPS) is 10.7. The van der Waals surface area contributed by atoms with Crippen molar-refractivity contribution in [1.29, 1.82) is 0 Å². The maximum atomic E-state index is 5.30. The van der Waals surface area contributed by atoms with Crippen LogP contribution < -0.4 is 4.74 Å². The summed E-state index contributed by atoms with van der Waals surface area (Å²) in [4.78, 5) is 0. The summed E-state index contributed by atoms with van der Waals surface area (Å²) >= 11 is 0. The maximum absolute atomic E-state index is 5.30. The molecule has 0 aliphatic rings. The van der Waals surface area contributed by atoms with Crippen molar-refractivity contribution in [3.8, 4) is 33.8 Å². The third-order valence-electron chi connectivity index (χ3n) is 4.70. The summed E-state index contributed by atoms with van der Waals surface area (Å²) in [5.74, 6) is 0.863. The molecule has 0 radical (unpaired) electrons. The number of hydrogen-bond acceptors (Lipinski definition) is 1. The van der Waals surface area contributed by atoms with E-state index in [1.54, 1.807) is 7.11 Å². The van der Waals surface area contributed by atoms with Crippen LogP contribution in [0.3, 0.4) is 0 Å². The van der Waals surface area contributed by atoms with Crippen LogP contribution in [-0.2, 0) is 0 Å². The Balaban J connectivity index is 1.90. The molecule has 26 heavy (non-hydrogen) atoms. The summed E-state index contributed by atoms with van der Waals surface area (Å²) in [5, 5.41) is 0. The van der Waals surface area contributed by atoms with Gasteiger partial charge in [-0.05, 0) is 48.4 Å². The summed E-state index contributed by atoms with van der Waals surface area (Å²) in [6.45, 7) is 2.16. The Bertz CT molecular complexity index is 1010. The monoisotopic (exact) mass is 339 g/mol. The molecule has 0 spiro atoms. The molecular formula is C24H21NO. The highest BCUT2D eigenvalue weighted by Crippen LogP contribution is 2.33. The van der Waals surface area contributed by atoms with E-state index < -0.39 is 0 Å². The lowest BCUT2D eigenvalue weighted by Gasteiger charge is -2.12. The summed E-state index contributed by atoms with van der Waals surface area (Å²) in [7, 11) is 1.69. The van der Waals surface area contributed by atoms with Crippen LogP contribution in [0.1, 0.15) is 5.56 Å². The zero-order valence-electron chi connectivity index (χ0n) is 15.0. The highest BCUT2D eigenvalue weighted by atomic mass is 16.5. The molecule has 4 aromatic rings. The minimum Gasteiger partial charge on any atom is -0.497 e. The minimum atomic E-state index is 0.863. The zero-order valence-corrected chi connectivity index (χ0v) is 15.0. The van der Waals surface area contributed by atoms with Gasteiger partial charge in [0.05, 0.1) is 12.8 Å². The second kappa shape index (κ2) is 6.93. The van der Waals surface area contributed by atoms with Gasteiger partial charge in [0.1, 0.15) is 5.75 Å². The number of aryl methyl sites for hydroxylation is 1. The summed E-state index contributed by atoms with van der Waals surface area (Å²) in [5.41, 5.74) is 7.23. The van der Waals surface area contributed by atoms with Crippen molar-refractivity contribution in [2.75, 3.05) is 7.11 Å². The second-order valence-electron chi connectivity index (χ2n) is 6.36. The van der Waals surface area contributed by atoms with Crippen LogP contribution in [0.5, 0.6) is 5.75 Å². The first-order valence-corrected chi connectivity index (χ1v) is 8.74. The van der Waals surface area contributed by atoms with Gasteiger partial charge in [-0.2, -0.15) is 0 Å². The molecule has 0 unspecified atom stereocenters. The highest BCUT2D eigenvalue weighted by molar-refractivity contribution is 5.75. The van der Waals surface area contributed by atoms with E-state index in [1.165, 1.54) is 27.9 Å².